The predicted molar refractivity (Wildman–Crippen MR) is 115 cm³/mol. The summed E-state index contributed by atoms with van der Waals surface area (Å²) in [5.41, 5.74) is 2.95. The molecule has 152 valence electrons. The second-order valence-corrected chi connectivity index (χ2v) is 7.00. The Morgan fingerprint density at radius 1 is 1.13 bits per heavy atom. The van der Waals surface area contributed by atoms with Crippen molar-refractivity contribution in [3.8, 4) is 0 Å². The van der Waals surface area contributed by atoms with E-state index in [9.17, 15) is 9.90 Å². The molecule has 5 rings (SSSR count). The zero-order valence-electron chi connectivity index (χ0n) is 18.1. The van der Waals surface area contributed by atoms with Crippen LogP contribution < -0.4 is 34.5 Å². The van der Waals surface area contributed by atoms with Gasteiger partial charge in [-0.05, 0) is 24.3 Å². The molecule has 3 aromatic heterocycles. The predicted octanol–water partition coefficient (Wildman–Crippen LogP) is 0.0992. The van der Waals surface area contributed by atoms with Crippen LogP contribution in [0.15, 0.2) is 48.9 Å². The Bertz CT molecular complexity index is 1290. The van der Waals surface area contributed by atoms with Crippen LogP contribution in [0.1, 0.15) is 23.2 Å². The third kappa shape index (κ3) is 4.33. The number of ether oxygens (including phenoxy) is 1. The van der Waals surface area contributed by atoms with Crippen molar-refractivity contribution in [1.29, 1.82) is 0 Å². The number of anilines is 1. The Balaban J connectivity index is 0.00000144. The van der Waals surface area contributed by atoms with Gasteiger partial charge >= 0.3 is 35.5 Å². The fourth-order valence-electron chi connectivity index (χ4n) is 3.63. The molecule has 0 radical (unpaired) electrons. The molecule has 1 saturated heterocycles. The van der Waals surface area contributed by atoms with Crippen LogP contribution in [-0.2, 0) is 4.74 Å². The summed E-state index contributed by atoms with van der Waals surface area (Å²) >= 11 is 0. The van der Waals surface area contributed by atoms with Gasteiger partial charge in [-0.15, -0.1) is 0 Å². The molecule has 9 heteroatoms. The third-order valence-electron chi connectivity index (χ3n) is 5.08. The van der Waals surface area contributed by atoms with Crippen molar-refractivity contribution in [3.05, 3.63) is 65.9 Å². The number of aromatic carboxylic acids is 1. The minimum Gasteiger partial charge on any atom is -1.00 e. The molecule has 8 nitrogen and oxygen atoms in total. The summed E-state index contributed by atoms with van der Waals surface area (Å²) in [4.78, 5) is 27.6. The Hall–Kier alpha value is -2.78. The van der Waals surface area contributed by atoms with Gasteiger partial charge in [-0.2, -0.15) is 0 Å². The van der Waals surface area contributed by atoms with E-state index in [1.165, 1.54) is 0 Å². The number of carboxylic acids is 1. The van der Waals surface area contributed by atoms with E-state index in [2.05, 4.69) is 14.9 Å². The molecular weight excluding hydrogens is 405 g/mol. The summed E-state index contributed by atoms with van der Waals surface area (Å²) in [6.45, 7) is 2.92. The summed E-state index contributed by atoms with van der Waals surface area (Å²) in [6.07, 6.45) is 9.15. The second-order valence-electron chi connectivity index (χ2n) is 7.00. The van der Waals surface area contributed by atoms with Crippen LogP contribution in [0.4, 0.5) is 5.82 Å². The van der Waals surface area contributed by atoms with Gasteiger partial charge in [0.25, 0.3) is 0 Å². The Morgan fingerprint density at radius 3 is 2.71 bits per heavy atom. The standard InChI is InChI=1S/C22H19N5O3.Na.H/c28-22(29)18-13-15(24-19-4-2-1-3-17(18)19)5-6-16-14-27-8-7-23-20(21(27)25-16)26-9-11-30-12-10-26;;/h1-8,13-14H,9-12H2,(H,28,29);;/q;+1;-1/b6-5+;;. The van der Waals surface area contributed by atoms with E-state index in [-0.39, 0.29) is 36.5 Å². The van der Waals surface area contributed by atoms with Gasteiger partial charge in [0, 0.05) is 37.1 Å². The first-order valence-corrected chi connectivity index (χ1v) is 9.66. The topological polar surface area (TPSA) is 92.8 Å². The number of hydrogen-bond donors (Lipinski definition) is 1. The van der Waals surface area contributed by atoms with E-state index in [4.69, 9.17) is 9.72 Å². The fourth-order valence-corrected chi connectivity index (χ4v) is 3.63. The van der Waals surface area contributed by atoms with E-state index in [1.54, 1.807) is 24.4 Å². The molecule has 1 aliphatic rings. The zero-order chi connectivity index (χ0) is 20.5. The van der Waals surface area contributed by atoms with Crippen LogP contribution in [0.2, 0.25) is 0 Å². The number of hydrogen-bond acceptors (Lipinski definition) is 6. The van der Waals surface area contributed by atoms with E-state index < -0.39 is 5.97 Å². The molecule has 0 saturated carbocycles. The van der Waals surface area contributed by atoms with Gasteiger partial charge in [0.15, 0.2) is 11.5 Å². The van der Waals surface area contributed by atoms with Gasteiger partial charge in [-0.1, -0.05) is 18.2 Å². The SMILES string of the molecule is O=C(O)c1cc(/C=C/c2cn3ccnc(N4CCOCC4)c3n2)nc2ccccc12.[H-].[Na+]. The maximum absolute atomic E-state index is 11.7. The van der Waals surface area contributed by atoms with Crippen molar-refractivity contribution >= 4 is 40.5 Å². The summed E-state index contributed by atoms with van der Waals surface area (Å²) < 4.78 is 7.36. The number of aromatic nitrogens is 4. The molecule has 1 aliphatic heterocycles. The van der Waals surface area contributed by atoms with Crippen LogP contribution in [0.3, 0.4) is 0 Å². The molecule has 0 bridgehead atoms. The first kappa shape index (κ1) is 21.5. The first-order chi connectivity index (χ1) is 14.7. The van der Waals surface area contributed by atoms with Crippen molar-refractivity contribution in [2.24, 2.45) is 0 Å². The maximum atomic E-state index is 11.7. The van der Waals surface area contributed by atoms with Crippen molar-refractivity contribution in [2.75, 3.05) is 31.2 Å². The van der Waals surface area contributed by atoms with Gasteiger partial charge in [-0.25, -0.2) is 19.7 Å². The number of nitrogens with zero attached hydrogens (tertiary/aromatic N) is 5. The van der Waals surface area contributed by atoms with E-state index >= 15 is 0 Å². The molecule has 4 heterocycles. The quantitative estimate of drug-likeness (QED) is 0.464. The average Bonchev–Trinajstić information content (AvgIpc) is 3.21. The van der Waals surface area contributed by atoms with Gasteiger partial charge in [-0.3, -0.25) is 0 Å². The van der Waals surface area contributed by atoms with E-state index in [0.29, 0.717) is 29.8 Å². The summed E-state index contributed by atoms with van der Waals surface area (Å²) in [6, 6.07) is 8.81. The monoisotopic (exact) mass is 425 g/mol. The van der Waals surface area contributed by atoms with Crippen molar-refractivity contribution in [1.82, 2.24) is 19.4 Å². The second kappa shape index (κ2) is 9.15. The molecule has 0 spiro atoms. The number of carbonyl (C=O) groups is 1. The van der Waals surface area contributed by atoms with Crippen LogP contribution in [0.25, 0.3) is 28.7 Å². The molecule has 31 heavy (non-hydrogen) atoms. The molecule has 0 unspecified atom stereocenters. The number of imidazole rings is 1. The largest absolute Gasteiger partial charge is 1.00 e. The molecule has 4 aromatic rings. The first-order valence-electron chi connectivity index (χ1n) is 9.66. The molecule has 0 aliphatic carbocycles. The Kier molecular flexibility index (Phi) is 6.33. The molecule has 1 N–H and O–H groups in total. The zero-order valence-corrected chi connectivity index (χ0v) is 19.1. The minimum atomic E-state index is -0.975. The van der Waals surface area contributed by atoms with E-state index in [0.717, 1.165) is 30.2 Å². The number of carboxylic acid groups (broad SMARTS) is 1. The van der Waals surface area contributed by atoms with Crippen molar-refractivity contribution in [3.63, 3.8) is 0 Å². The smallest absolute Gasteiger partial charge is 1.00 e. The van der Waals surface area contributed by atoms with Crippen LogP contribution in [0.5, 0.6) is 0 Å². The number of rotatable bonds is 4. The molecule has 1 aromatic carbocycles. The average molecular weight is 425 g/mol. The number of morpholine rings is 1. The van der Waals surface area contributed by atoms with Crippen molar-refractivity contribution < 1.29 is 45.6 Å². The van der Waals surface area contributed by atoms with Crippen LogP contribution in [-0.4, -0.2) is 56.7 Å². The molecular formula is C22H20N5NaO3. The fraction of sp³-hybridized carbons (Fsp3) is 0.182. The maximum Gasteiger partial charge on any atom is 1.00 e. The molecule has 0 atom stereocenters. The van der Waals surface area contributed by atoms with Crippen LogP contribution in [0, 0.1) is 0 Å². The van der Waals surface area contributed by atoms with Gasteiger partial charge in [0.05, 0.1) is 35.7 Å². The number of pyridine rings is 1. The molecule has 1 fully saturated rings. The Morgan fingerprint density at radius 2 is 1.90 bits per heavy atom. The van der Waals surface area contributed by atoms with Gasteiger partial charge in [0.1, 0.15) is 0 Å². The number of benzene rings is 1. The summed E-state index contributed by atoms with van der Waals surface area (Å²) in [5.74, 6) is -0.144. The van der Waals surface area contributed by atoms with Crippen molar-refractivity contribution in [2.45, 2.75) is 0 Å². The minimum absolute atomic E-state index is 0. The van der Waals surface area contributed by atoms with E-state index in [1.807, 2.05) is 41.1 Å². The number of fused-ring (bicyclic) bond motifs is 2. The number of para-hydroxylation sites is 1. The van der Waals surface area contributed by atoms with Gasteiger partial charge < -0.3 is 20.6 Å². The third-order valence-corrected chi connectivity index (χ3v) is 5.08. The summed E-state index contributed by atoms with van der Waals surface area (Å²) in [7, 11) is 0. The summed E-state index contributed by atoms with van der Waals surface area (Å²) in [5, 5.41) is 10.2. The molecule has 0 amide bonds. The Labute approximate surface area is 202 Å². The van der Waals surface area contributed by atoms with Crippen LogP contribution >= 0.6 is 0 Å². The normalized spacial score (nSPS) is 14.3. The van der Waals surface area contributed by atoms with Gasteiger partial charge in [0.2, 0.25) is 0 Å².